The first-order chi connectivity index (χ1) is 16.2. The summed E-state index contributed by atoms with van der Waals surface area (Å²) in [7, 11) is 1.63. The maximum absolute atomic E-state index is 13.3. The SMILES string of the molecule is CN=C(c1cccc([N+](=O)[O-])c1)N(CC(=O)O[C@@H]1C[C@H](C)CC[C@H]1C(C)C)c1ccccc1C. The van der Waals surface area contributed by atoms with E-state index in [1.165, 1.54) is 12.1 Å². The lowest BCUT2D eigenvalue weighted by Crippen LogP contribution is -2.41. The zero-order valence-electron chi connectivity index (χ0n) is 20.7. The summed E-state index contributed by atoms with van der Waals surface area (Å²) in [5.74, 6) is 1.48. The Morgan fingerprint density at radius 2 is 1.94 bits per heavy atom. The van der Waals surface area contributed by atoms with Crippen LogP contribution in [-0.2, 0) is 9.53 Å². The van der Waals surface area contributed by atoms with Gasteiger partial charge in [-0.2, -0.15) is 0 Å². The molecule has 1 fully saturated rings. The Labute approximate surface area is 202 Å². The van der Waals surface area contributed by atoms with Gasteiger partial charge in [0.2, 0.25) is 0 Å². The van der Waals surface area contributed by atoms with E-state index in [-0.39, 0.29) is 24.3 Å². The topological polar surface area (TPSA) is 85.0 Å². The summed E-state index contributed by atoms with van der Waals surface area (Å²) in [5.41, 5.74) is 2.32. The van der Waals surface area contributed by atoms with Crippen molar-refractivity contribution in [3.05, 3.63) is 69.8 Å². The molecule has 0 heterocycles. The first-order valence-electron chi connectivity index (χ1n) is 12.0. The summed E-state index contributed by atoms with van der Waals surface area (Å²) in [6, 6.07) is 14.0. The second kappa shape index (κ2) is 11.3. The Morgan fingerprint density at radius 3 is 2.59 bits per heavy atom. The fourth-order valence-electron chi connectivity index (χ4n) is 4.89. The predicted molar refractivity (Wildman–Crippen MR) is 135 cm³/mol. The summed E-state index contributed by atoms with van der Waals surface area (Å²) in [6.45, 7) is 8.51. The Balaban J connectivity index is 1.92. The van der Waals surface area contributed by atoms with Gasteiger partial charge < -0.3 is 9.64 Å². The molecule has 0 saturated heterocycles. The number of benzene rings is 2. The van der Waals surface area contributed by atoms with Crippen molar-refractivity contribution < 1.29 is 14.5 Å². The number of hydrogen-bond donors (Lipinski definition) is 0. The molecule has 3 rings (SSSR count). The standard InChI is InChI=1S/C27H35N3O4/c1-18(2)23-14-13-19(3)15-25(23)34-26(31)17-29(24-12-7-6-9-20(24)4)27(28-5)21-10-8-11-22(16-21)30(32)33/h6-12,16,18-19,23,25H,13-15,17H2,1-5H3/t19-,23+,25-/m1/s1. The van der Waals surface area contributed by atoms with E-state index in [0.717, 1.165) is 30.5 Å². The van der Waals surface area contributed by atoms with Gasteiger partial charge >= 0.3 is 5.97 Å². The molecule has 0 radical (unpaired) electrons. The van der Waals surface area contributed by atoms with Crippen LogP contribution in [-0.4, -0.2) is 36.4 Å². The molecule has 7 nitrogen and oxygen atoms in total. The number of amidine groups is 1. The van der Waals surface area contributed by atoms with Crippen molar-refractivity contribution in [3.8, 4) is 0 Å². The fraction of sp³-hybridized carbons (Fsp3) is 0.481. The van der Waals surface area contributed by atoms with Crippen LogP contribution < -0.4 is 4.90 Å². The first kappa shape index (κ1) is 25.4. The largest absolute Gasteiger partial charge is 0.461 e. The number of ether oxygens (including phenoxy) is 1. The molecule has 0 spiro atoms. The highest BCUT2D eigenvalue weighted by atomic mass is 16.6. The third kappa shape index (κ3) is 6.01. The molecule has 0 amide bonds. The molecule has 7 heteroatoms. The smallest absolute Gasteiger partial charge is 0.326 e. The highest BCUT2D eigenvalue weighted by Crippen LogP contribution is 2.35. The molecule has 0 N–H and O–H groups in total. The molecule has 2 aromatic rings. The van der Waals surface area contributed by atoms with Gasteiger partial charge in [-0.1, -0.05) is 57.5 Å². The quantitative estimate of drug-likeness (QED) is 0.170. The lowest BCUT2D eigenvalue weighted by atomic mass is 9.75. The second-order valence-electron chi connectivity index (χ2n) is 9.58. The molecule has 1 aliphatic carbocycles. The number of esters is 1. The Kier molecular flexibility index (Phi) is 8.42. The minimum Gasteiger partial charge on any atom is -0.461 e. The van der Waals surface area contributed by atoms with Crippen molar-refractivity contribution in [3.63, 3.8) is 0 Å². The number of rotatable bonds is 7. The van der Waals surface area contributed by atoms with Crippen molar-refractivity contribution in [2.45, 2.75) is 53.1 Å². The van der Waals surface area contributed by atoms with Crippen LogP contribution in [0.2, 0.25) is 0 Å². The minimum atomic E-state index is -0.431. The van der Waals surface area contributed by atoms with E-state index >= 15 is 0 Å². The monoisotopic (exact) mass is 465 g/mol. The molecular formula is C27H35N3O4. The van der Waals surface area contributed by atoms with Gasteiger partial charge in [0.25, 0.3) is 5.69 Å². The van der Waals surface area contributed by atoms with Gasteiger partial charge in [-0.3, -0.25) is 19.9 Å². The molecule has 34 heavy (non-hydrogen) atoms. The van der Waals surface area contributed by atoms with Gasteiger partial charge in [0.1, 0.15) is 18.5 Å². The molecule has 182 valence electrons. The zero-order chi connectivity index (χ0) is 24.8. The van der Waals surface area contributed by atoms with E-state index in [1.54, 1.807) is 24.1 Å². The van der Waals surface area contributed by atoms with Crippen molar-refractivity contribution in [2.75, 3.05) is 18.5 Å². The van der Waals surface area contributed by atoms with Gasteiger partial charge in [-0.25, -0.2) is 0 Å². The van der Waals surface area contributed by atoms with Crippen LogP contribution in [0.15, 0.2) is 53.5 Å². The third-order valence-electron chi connectivity index (χ3n) is 6.72. The number of hydrogen-bond acceptors (Lipinski definition) is 5. The van der Waals surface area contributed by atoms with Gasteiger partial charge in [-0.05, 0) is 49.1 Å². The van der Waals surface area contributed by atoms with Gasteiger partial charge in [0, 0.05) is 30.4 Å². The number of carbonyl (C=O) groups is 1. The molecule has 2 aromatic carbocycles. The van der Waals surface area contributed by atoms with Crippen molar-refractivity contribution in [1.29, 1.82) is 0 Å². The average molecular weight is 466 g/mol. The van der Waals surface area contributed by atoms with Gasteiger partial charge in [0.15, 0.2) is 0 Å². The summed E-state index contributed by atoms with van der Waals surface area (Å²) < 4.78 is 6.08. The molecular weight excluding hydrogens is 430 g/mol. The predicted octanol–water partition coefficient (Wildman–Crippen LogP) is 5.79. The maximum atomic E-state index is 13.3. The highest BCUT2D eigenvalue weighted by molar-refractivity contribution is 6.12. The average Bonchev–Trinajstić information content (AvgIpc) is 2.79. The second-order valence-corrected chi connectivity index (χ2v) is 9.58. The van der Waals surface area contributed by atoms with Gasteiger partial charge in [-0.15, -0.1) is 0 Å². The van der Waals surface area contributed by atoms with E-state index in [4.69, 9.17) is 4.74 Å². The van der Waals surface area contributed by atoms with E-state index in [2.05, 4.69) is 25.8 Å². The normalized spacial score (nSPS) is 20.8. The molecule has 0 unspecified atom stereocenters. The first-order valence-corrected chi connectivity index (χ1v) is 12.0. The number of aryl methyl sites for hydroxylation is 1. The number of aliphatic imine (C=N–C) groups is 1. The molecule has 0 bridgehead atoms. The van der Waals surface area contributed by atoms with Crippen LogP contribution in [0.1, 0.15) is 51.2 Å². The van der Waals surface area contributed by atoms with Crippen LogP contribution in [0.5, 0.6) is 0 Å². The van der Waals surface area contributed by atoms with Gasteiger partial charge in [0.05, 0.1) is 4.92 Å². The van der Waals surface area contributed by atoms with Crippen LogP contribution in [0.25, 0.3) is 0 Å². The third-order valence-corrected chi connectivity index (χ3v) is 6.72. The number of para-hydroxylation sites is 1. The summed E-state index contributed by atoms with van der Waals surface area (Å²) in [5, 5.41) is 11.3. The molecule has 1 saturated carbocycles. The van der Waals surface area contributed by atoms with Crippen molar-refractivity contribution in [2.24, 2.45) is 22.7 Å². The number of carbonyl (C=O) groups excluding carboxylic acids is 1. The number of nitro benzene ring substituents is 1. The Hall–Kier alpha value is -3.22. The van der Waals surface area contributed by atoms with Crippen LogP contribution in [0.4, 0.5) is 11.4 Å². The van der Waals surface area contributed by atoms with E-state index < -0.39 is 4.92 Å². The maximum Gasteiger partial charge on any atom is 0.326 e. The number of non-ortho nitro benzene ring substituents is 1. The number of anilines is 1. The Bertz CT molecular complexity index is 1050. The molecule has 1 aliphatic rings. The minimum absolute atomic E-state index is 0.0260. The lowest BCUT2D eigenvalue weighted by Gasteiger charge is -2.37. The van der Waals surface area contributed by atoms with E-state index in [1.807, 2.05) is 31.2 Å². The van der Waals surface area contributed by atoms with Crippen molar-refractivity contribution >= 4 is 23.2 Å². The summed E-state index contributed by atoms with van der Waals surface area (Å²) in [6.07, 6.45) is 2.99. The number of nitrogens with zero attached hydrogens (tertiary/aromatic N) is 3. The molecule has 0 aromatic heterocycles. The summed E-state index contributed by atoms with van der Waals surface area (Å²) >= 11 is 0. The number of nitro groups is 1. The zero-order valence-corrected chi connectivity index (χ0v) is 20.7. The van der Waals surface area contributed by atoms with Crippen LogP contribution in [0, 0.1) is 34.8 Å². The van der Waals surface area contributed by atoms with Crippen LogP contribution >= 0.6 is 0 Å². The Morgan fingerprint density at radius 1 is 1.21 bits per heavy atom. The van der Waals surface area contributed by atoms with E-state index in [0.29, 0.717) is 29.2 Å². The molecule has 0 aliphatic heterocycles. The van der Waals surface area contributed by atoms with E-state index in [9.17, 15) is 14.9 Å². The van der Waals surface area contributed by atoms with Crippen LogP contribution in [0.3, 0.4) is 0 Å². The molecule has 3 atom stereocenters. The highest BCUT2D eigenvalue weighted by Gasteiger charge is 2.34. The van der Waals surface area contributed by atoms with Crippen molar-refractivity contribution in [1.82, 2.24) is 0 Å². The fourth-order valence-corrected chi connectivity index (χ4v) is 4.89. The summed E-state index contributed by atoms with van der Waals surface area (Å²) in [4.78, 5) is 30.4. The lowest BCUT2D eigenvalue weighted by molar-refractivity contribution is -0.384.